The number of anilines is 1. The normalized spacial score (nSPS) is 15.3. The van der Waals surface area contributed by atoms with E-state index in [1.54, 1.807) is 0 Å². The van der Waals surface area contributed by atoms with Crippen molar-refractivity contribution in [3.63, 3.8) is 0 Å². The van der Waals surface area contributed by atoms with Gasteiger partial charge < -0.3 is 4.74 Å². The molecule has 0 radical (unpaired) electrons. The third-order valence-electron chi connectivity index (χ3n) is 4.31. The van der Waals surface area contributed by atoms with Gasteiger partial charge in [-0.2, -0.15) is 0 Å². The number of amides is 4. The summed E-state index contributed by atoms with van der Waals surface area (Å²) in [6.45, 7) is 4.32. The summed E-state index contributed by atoms with van der Waals surface area (Å²) in [7, 11) is 0. The van der Waals surface area contributed by atoms with E-state index in [9.17, 15) is 24.5 Å². The number of halogens is 2. The van der Waals surface area contributed by atoms with Gasteiger partial charge in [-0.3, -0.25) is 25.0 Å². The quantitative estimate of drug-likeness (QED) is 0.281. The second-order valence-electron chi connectivity index (χ2n) is 7.25. The van der Waals surface area contributed by atoms with Gasteiger partial charge in [-0.25, -0.2) is 9.69 Å². The van der Waals surface area contributed by atoms with Crippen LogP contribution >= 0.6 is 23.2 Å². The number of nitrogens with one attached hydrogen (secondary N) is 1. The van der Waals surface area contributed by atoms with Gasteiger partial charge in [-0.05, 0) is 41.8 Å². The minimum atomic E-state index is -0.973. The van der Waals surface area contributed by atoms with E-state index in [2.05, 4.69) is 5.32 Å². The van der Waals surface area contributed by atoms with Gasteiger partial charge in [0.05, 0.1) is 27.3 Å². The zero-order valence-electron chi connectivity index (χ0n) is 16.9. The van der Waals surface area contributed by atoms with Gasteiger partial charge >= 0.3 is 6.03 Å². The number of hydrogen-bond acceptors (Lipinski definition) is 6. The summed E-state index contributed by atoms with van der Waals surface area (Å²) < 4.78 is 5.60. The Balaban J connectivity index is 1.94. The molecule has 0 unspecified atom stereocenters. The number of benzene rings is 2. The highest BCUT2D eigenvalue weighted by atomic mass is 35.5. The largest absolute Gasteiger partial charge is 0.490 e. The summed E-state index contributed by atoms with van der Waals surface area (Å²) in [5.41, 5.74) is -0.154. The minimum absolute atomic E-state index is 0.0602. The Morgan fingerprint density at radius 1 is 1.12 bits per heavy atom. The third kappa shape index (κ3) is 4.90. The van der Waals surface area contributed by atoms with Crippen LogP contribution < -0.4 is 15.0 Å². The van der Waals surface area contributed by atoms with Crippen molar-refractivity contribution in [2.24, 2.45) is 5.92 Å². The van der Waals surface area contributed by atoms with Crippen molar-refractivity contribution in [1.82, 2.24) is 5.32 Å². The van der Waals surface area contributed by atoms with E-state index < -0.39 is 22.8 Å². The first-order chi connectivity index (χ1) is 15.1. The van der Waals surface area contributed by atoms with Gasteiger partial charge in [0, 0.05) is 12.1 Å². The molecule has 2 aromatic rings. The molecule has 0 spiro atoms. The Morgan fingerprint density at radius 3 is 2.25 bits per heavy atom. The predicted molar refractivity (Wildman–Crippen MR) is 119 cm³/mol. The maximum atomic E-state index is 12.9. The molecular weight excluding hydrogens is 461 g/mol. The van der Waals surface area contributed by atoms with E-state index in [0.717, 1.165) is 12.1 Å². The van der Waals surface area contributed by atoms with E-state index in [-0.39, 0.29) is 38.7 Å². The maximum Gasteiger partial charge on any atom is 0.335 e. The first-order valence-corrected chi connectivity index (χ1v) is 10.1. The van der Waals surface area contributed by atoms with Gasteiger partial charge in [-0.1, -0.05) is 37.0 Å². The number of nitrogens with zero attached hydrogens (tertiary/aromatic N) is 2. The summed E-state index contributed by atoms with van der Waals surface area (Å²) in [6.07, 6.45) is 1.24. The molecule has 1 fully saturated rings. The van der Waals surface area contributed by atoms with Gasteiger partial charge in [0.2, 0.25) is 0 Å². The van der Waals surface area contributed by atoms with E-state index in [1.165, 1.54) is 30.3 Å². The van der Waals surface area contributed by atoms with Crippen molar-refractivity contribution in [3.8, 4) is 5.75 Å². The van der Waals surface area contributed by atoms with Gasteiger partial charge in [0.15, 0.2) is 5.75 Å². The summed E-state index contributed by atoms with van der Waals surface area (Å²) >= 11 is 12.5. The average molecular weight is 478 g/mol. The Bertz CT molecular complexity index is 1120. The van der Waals surface area contributed by atoms with Crippen LogP contribution in [-0.4, -0.2) is 29.4 Å². The SMILES string of the molecule is CC(C)COc1c(Cl)cc(/C=C2\C(=O)NC(=O)N(c3ccc([N+](=O)[O-])cc3)C2=O)cc1Cl. The molecule has 0 aliphatic carbocycles. The van der Waals surface area contributed by atoms with Crippen LogP contribution in [0.1, 0.15) is 19.4 Å². The lowest BCUT2D eigenvalue weighted by Crippen LogP contribution is -2.54. The number of carbonyl (C=O) groups is 3. The van der Waals surface area contributed by atoms with Crippen molar-refractivity contribution >= 4 is 58.5 Å². The van der Waals surface area contributed by atoms with Crippen molar-refractivity contribution in [2.45, 2.75) is 13.8 Å². The highest BCUT2D eigenvalue weighted by Gasteiger charge is 2.37. The number of imide groups is 2. The number of carbonyl (C=O) groups excluding carboxylic acids is 3. The summed E-state index contributed by atoms with van der Waals surface area (Å²) in [4.78, 5) is 48.5. The highest BCUT2D eigenvalue weighted by molar-refractivity contribution is 6.40. The number of rotatable bonds is 6. The van der Waals surface area contributed by atoms with E-state index in [0.29, 0.717) is 17.1 Å². The zero-order valence-corrected chi connectivity index (χ0v) is 18.4. The van der Waals surface area contributed by atoms with Gasteiger partial charge in [-0.15, -0.1) is 0 Å². The van der Waals surface area contributed by atoms with Gasteiger partial charge in [0.25, 0.3) is 17.5 Å². The first kappa shape index (κ1) is 23.2. The molecule has 4 amide bonds. The number of non-ortho nitro benzene ring substituents is 1. The molecule has 1 N–H and O–H groups in total. The standard InChI is InChI=1S/C21H17Cl2N3O6/c1-11(2)10-32-18-16(22)8-12(9-17(18)23)7-15-19(27)24-21(29)25(20(15)28)13-3-5-14(6-4-13)26(30)31/h3-9,11H,10H2,1-2H3,(H,24,27,29)/b15-7+. The number of nitro groups is 1. The molecule has 0 saturated carbocycles. The fourth-order valence-corrected chi connectivity index (χ4v) is 3.45. The molecule has 166 valence electrons. The maximum absolute atomic E-state index is 12.9. The van der Waals surface area contributed by atoms with Crippen LogP contribution in [0, 0.1) is 16.0 Å². The van der Waals surface area contributed by atoms with Crippen LogP contribution in [0.4, 0.5) is 16.2 Å². The smallest absolute Gasteiger partial charge is 0.335 e. The zero-order chi connectivity index (χ0) is 23.6. The Hall–Kier alpha value is -3.43. The molecule has 1 aliphatic heterocycles. The molecular formula is C21H17Cl2N3O6. The predicted octanol–water partition coefficient (Wildman–Crippen LogP) is 4.60. The molecule has 11 heteroatoms. The molecule has 1 heterocycles. The Labute approximate surface area is 192 Å². The van der Waals surface area contributed by atoms with Crippen LogP contribution in [-0.2, 0) is 9.59 Å². The monoisotopic (exact) mass is 477 g/mol. The molecule has 9 nitrogen and oxygen atoms in total. The van der Waals surface area contributed by atoms with Crippen molar-refractivity contribution in [2.75, 3.05) is 11.5 Å². The molecule has 0 aromatic heterocycles. The Kier molecular flexibility index (Phi) is 6.81. The number of hydrogen-bond donors (Lipinski definition) is 1. The van der Waals surface area contributed by atoms with E-state index >= 15 is 0 Å². The molecule has 0 atom stereocenters. The number of urea groups is 1. The molecule has 0 bridgehead atoms. The molecule has 3 rings (SSSR count). The number of barbiturate groups is 1. The Morgan fingerprint density at radius 2 is 1.72 bits per heavy atom. The van der Waals surface area contributed by atoms with Crippen LogP contribution in [0.2, 0.25) is 10.0 Å². The van der Waals surface area contributed by atoms with Crippen molar-refractivity contribution in [1.29, 1.82) is 0 Å². The summed E-state index contributed by atoms with van der Waals surface area (Å²) in [5.74, 6) is -1.27. The molecule has 2 aromatic carbocycles. The lowest BCUT2D eigenvalue weighted by molar-refractivity contribution is -0.384. The van der Waals surface area contributed by atoms with Crippen molar-refractivity contribution in [3.05, 3.63) is 67.7 Å². The highest BCUT2D eigenvalue weighted by Crippen LogP contribution is 2.35. The first-order valence-electron chi connectivity index (χ1n) is 9.36. The molecule has 1 aliphatic rings. The van der Waals surface area contributed by atoms with Gasteiger partial charge in [0.1, 0.15) is 5.57 Å². The summed E-state index contributed by atoms with van der Waals surface area (Å²) in [6, 6.07) is 6.73. The lowest BCUT2D eigenvalue weighted by Gasteiger charge is -2.26. The summed E-state index contributed by atoms with van der Waals surface area (Å²) in [5, 5.41) is 13.3. The van der Waals surface area contributed by atoms with Crippen molar-refractivity contribution < 1.29 is 24.0 Å². The minimum Gasteiger partial charge on any atom is -0.490 e. The fourth-order valence-electron chi connectivity index (χ4n) is 2.83. The molecule has 32 heavy (non-hydrogen) atoms. The average Bonchev–Trinajstić information content (AvgIpc) is 2.70. The van der Waals surface area contributed by atoms with Crippen LogP contribution in [0.25, 0.3) is 6.08 Å². The van der Waals surface area contributed by atoms with Crippen LogP contribution in [0.3, 0.4) is 0 Å². The van der Waals surface area contributed by atoms with Crippen LogP contribution in [0.5, 0.6) is 5.75 Å². The topological polar surface area (TPSA) is 119 Å². The fraction of sp³-hybridized carbons (Fsp3) is 0.190. The number of nitro benzene ring substituents is 1. The second kappa shape index (κ2) is 9.37. The van der Waals surface area contributed by atoms with E-state index in [1.807, 2.05) is 13.8 Å². The third-order valence-corrected chi connectivity index (χ3v) is 4.87. The lowest BCUT2D eigenvalue weighted by atomic mass is 10.1. The number of ether oxygens (including phenoxy) is 1. The van der Waals surface area contributed by atoms with Crippen LogP contribution in [0.15, 0.2) is 42.0 Å². The second-order valence-corrected chi connectivity index (χ2v) is 8.06. The molecule has 1 saturated heterocycles. The van der Waals surface area contributed by atoms with E-state index in [4.69, 9.17) is 27.9 Å².